The third kappa shape index (κ3) is 5.42. The van der Waals surface area contributed by atoms with Crippen molar-refractivity contribution in [1.82, 2.24) is 4.90 Å². The van der Waals surface area contributed by atoms with E-state index in [9.17, 15) is 9.59 Å². The fraction of sp³-hybridized carbons (Fsp3) is 0.440. The number of benzene rings is 2. The first kappa shape index (κ1) is 21.8. The Balaban J connectivity index is 1.27. The van der Waals surface area contributed by atoms with E-state index in [-0.39, 0.29) is 24.7 Å². The van der Waals surface area contributed by atoms with Crippen LogP contribution < -0.4 is 9.80 Å². The molecule has 4 rings (SSSR count). The van der Waals surface area contributed by atoms with Gasteiger partial charge in [0.05, 0.1) is 5.69 Å². The Morgan fingerprint density at radius 2 is 1.68 bits per heavy atom. The Hall–Kier alpha value is -2.47. The molecule has 31 heavy (non-hydrogen) atoms. The summed E-state index contributed by atoms with van der Waals surface area (Å²) in [6.07, 6.45) is 4.34. The summed E-state index contributed by atoms with van der Waals surface area (Å²) in [4.78, 5) is 32.5. The zero-order chi connectivity index (χ0) is 21.6. The average molecular weight is 438 g/mol. The van der Waals surface area contributed by atoms with Crippen molar-refractivity contribution in [2.75, 3.05) is 42.2 Å². The van der Waals surface area contributed by atoms with Crippen molar-refractivity contribution in [1.29, 1.82) is 0 Å². The second kappa shape index (κ2) is 10.2. The summed E-state index contributed by atoms with van der Waals surface area (Å²) in [5.41, 5.74) is 3.35. The SMILES string of the molecule is CN(Cc1ccc(N2CCCCC2)cc1)C(=O)CCC(=O)N1CCSc2ccccc21. The number of nitrogens with zero attached hydrogens (tertiary/aromatic N) is 3. The van der Waals surface area contributed by atoms with E-state index in [0.717, 1.165) is 35.0 Å². The van der Waals surface area contributed by atoms with Gasteiger partial charge < -0.3 is 14.7 Å². The number of carbonyl (C=O) groups excluding carboxylic acids is 2. The lowest BCUT2D eigenvalue weighted by molar-refractivity contribution is -0.132. The first-order chi connectivity index (χ1) is 15.1. The van der Waals surface area contributed by atoms with Crippen molar-refractivity contribution in [2.45, 2.75) is 43.5 Å². The fourth-order valence-corrected chi connectivity index (χ4v) is 5.29. The van der Waals surface area contributed by atoms with Gasteiger partial charge in [-0.1, -0.05) is 24.3 Å². The summed E-state index contributed by atoms with van der Waals surface area (Å²) in [5, 5.41) is 0. The van der Waals surface area contributed by atoms with Gasteiger partial charge >= 0.3 is 0 Å². The monoisotopic (exact) mass is 437 g/mol. The first-order valence-corrected chi connectivity index (χ1v) is 12.2. The molecule has 2 aliphatic heterocycles. The molecule has 0 radical (unpaired) electrons. The molecule has 0 N–H and O–H groups in total. The molecule has 0 spiro atoms. The molecule has 2 aliphatic rings. The van der Waals surface area contributed by atoms with Crippen LogP contribution in [-0.4, -0.2) is 49.1 Å². The normalized spacial score (nSPS) is 16.0. The summed E-state index contributed by atoms with van der Waals surface area (Å²) >= 11 is 1.78. The number of hydrogen-bond donors (Lipinski definition) is 0. The molecular weight excluding hydrogens is 406 g/mol. The van der Waals surface area contributed by atoms with Gasteiger partial charge in [-0.25, -0.2) is 0 Å². The second-order valence-electron chi connectivity index (χ2n) is 8.33. The molecule has 0 aromatic heterocycles. The summed E-state index contributed by atoms with van der Waals surface area (Å²) in [6.45, 7) is 3.53. The van der Waals surface area contributed by atoms with Crippen LogP contribution in [0.5, 0.6) is 0 Å². The van der Waals surface area contributed by atoms with Crippen molar-refractivity contribution < 1.29 is 9.59 Å². The summed E-state index contributed by atoms with van der Waals surface area (Å²) in [5.74, 6) is 0.929. The highest BCUT2D eigenvalue weighted by Crippen LogP contribution is 2.34. The lowest BCUT2D eigenvalue weighted by Crippen LogP contribution is -2.36. The predicted octanol–water partition coefficient (Wildman–Crippen LogP) is 4.55. The number of thioether (sulfide) groups is 1. The van der Waals surface area contributed by atoms with E-state index in [1.54, 1.807) is 16.7 Å². The van der Waals surface area contributed by atoms with Crippen LogP contribution in [0.3, 0.4) is 0 Å². The molecule has 2 aromatic carbocycles. The van der Waals surface area contributed by atoms with Crippen LogP contribution in [0.25, 0.3) is 0 Å². The van der Waals surface area contributed by atoms with Crippen LogP contribution in [-0.2, 0) is 16.1 Å². The molecule has 2 aromatic rings. The lowest BCUT2D eigenvalue weighted by Gasteiger charge is -2.29. The number of amides is 2. The van der Waals surface area contributed by atoms with Crippen molar-refractivity contribution in [3.05, 3.63) is 54.1 Å². The van der Waals surface area contributed by atoms with Crippen LogP contribution in [0.2, 0.25) is 0 Å². The Labute approximate surface area is 189 Å². The number of anilines is 2. The fourth-order valence-electron chi connectivity index (χ4n) is 4.29. The van der Waals surface area contributed by atoms with E-state index in [4.69, 9.17) is 0 Å². The van der Waals surface area contributed by atoms with Crippen molar-refractivity contribution in [3.8, 4) is 0 Å². The van der Waals surface area contributed by atoms with E-state index < -0.39 is 0 Å². The molecule has 0 unspecified atom stereocenters. The number of rotatable bonds is 6. The molecular formula is C25H31N3O2S. The van der Waals surface area contributed by atoms with Crippen LogP contribution in [0.4, 0.5) is 11.4 Å². The van der Waals surface area contributed by atoms with Gasteiger partial charge in [0, 0.05) is 62.4 Å². The summed E-state index contributed by atoms with van der Waals surface area (Å²) in [7, 11) is 1.82. The van der Waals surface area contributed by atoms with Gasteiger partial charge in [0.1, 0.15) is 0 Å². The van der Waals surface area contributed by atoms with Crippen LogP contribution in [0.1, 0.15) is 37.7 Å². The molecule has 0 saturated carbocycles. The van der Waals surface area contributed by atoms with E-state index >= 15 is 0 Å². The Kier molecular flexibility index (Phi) is 7.17. The smallest absolute Gasteiger partial charge is 0.227 e. The molecule has 5 nitrogen and oxygen atoms in total. The van der Waals surface area contributed by atoms with Crippen LogP contribution in [0.15, 0.2) is 53.4 Å². The molecule has 0 atom stereocenters. The van der Waals surface area contributed by atoms with Gasteiger partial charge in [-0.3, -0.25) is 9.59 Å². The lowest BCUT2D eigenvalue weighted by atomic mass is 10.1. The minimum Gasteiger partial charge on any atom is -0.372 e. The molecule has 0 bridgehead atoms. The number of piperidine rings is 1. The largest absolute Gasteiger partial charge is 0.372 e. The third-order valence-electron chi connectivity index (χ3n) is 6.09. The van der Waals surface area contributed by atoms with Crippen molar-refractivity contribution in [2.24, 2.45) is 0 Å². The van der Waals surface area contributed by atoms with E-state index in [0.29, 0.717) is 13.1 Å². The van der Waals surface area contributed by atoms with Gasteiger partial charge in [0.25, 0.3) is 0 Å². The maximum atomic E-state index is 12.8. The first-order valence-electron chi connectivity index (χ1n) is 11.2. The van der Waals surface area contributed by atoms with Gasteiger partial charge in [-0.05, 0) is 49.1 Å². The molecule has 2 heterocycles. The maximum absolute atomic E-state index is 12.8. The number of fused-ring (bicyclic) bond motifs is 1. The third-order valence-corrected chi connectivity index (χ3v) is 7.13. The summed E-state index contributed by atoms with van der Waals surface area (Å²) in [6, 6.07) is 16.5. The van der Waals surface area contributed by atoms with Crippen LogP contribution in [0, 0.1) is 0 Å². The minimum atomic E-state index is 0.00752. The topological polar surface area (TPSA) is 43.9 Å². The van der Waals surface area contributed by atoms with Gasteiger partial charge in [-0.15, -0.1) is 11.8 Å². The van der Waals surface area contributed by atoms with E-state index in [1.807, 2.05) is 30.1 Å². The quantitative estimate of drug-likeness (QED) is 0.665. The Bertz CT molecular complexity index is 909. The number of carbonyl (C=O) groups is 2. The Morgan fingerprint density at radius 3 is 2.45 bits per heavy atom. The number of hydrogen-bond acceptors (Lipinski definition) is 4. The molecule has 6 heteroatoms. The zero-order valence-electron chi connectivity index (χ0n) is 18.3. The second-order valence-corrected chi connectivity index (χ2v) is 9.46. The zero-order valence-corrected chi connectivity index (χ0v) is 19.1. The molecule has 0 aliphatic carbocycles. The molecule has 1 fully saturated rings. The maximum Gasteiger partial charge on any atom is 0.227 e. The molecule has 164 valence electrons. The van der Waals surface area contributed by atoms with Gasteiger partial charge in [-0.2, -0.15) is 0 Å². The van der Waals surface area contributed by atoms with E-state index in [2.05, 4.69) is 35.2 Å². The van der Waals surface area contributed by atoms with Gasteiger partial charge in [0.2, 0.25) is 11.8 Å². The minimum absolute atomic E-state index is 0.00752. The van der Waals surface area contributed by atoms with Crippen molar-refractivity contribution >= 4 is 35.0 Å². The average Bonchev–Trinajstić information content (AvgIpc) is 2.83. The molecule has 2 amide bonds. The van der Waals surface area contributed by atoms with E-state index in [1.165, 1.54) is 24.9 Å². The standard InChI is InChI=1S/C25H31N3O2S/c1-26(19-20-9-11-21(12-10-20)27-15-5-2-6-16-27)24(29)13-14-25(30)28-17-18-31-23-8-4-3-7-22(23)28/h3-4,7-12H,2,5-6,13-19H2,1H3. The highest BCUT2D eigenvalue weighted by Gasteiger charge is 2.23. The predicted molar refractivity (Wildman–Crippen MR) is 128 cm³/mol. The Morgan fingerprint density at radius 1 is 0.935 bits per heavy atom. The highest BCUT2D eigenvalue weighted by molar-refractivity contribution is 7.99. The molecule has 1 saturated heterocycles. The van der Waals surface area contributed by atoms with Crippen molar-refractivity contribution in [3.63, 3.8) is 0 Å². The van der Waals surface area contributed by atoms with Crippen LogP contribution >= 0.6 is 11.8 Å². The summed E-state index contributed by atoms with van der Waals surface area (Å²) < 4.78 is 0. The number of para-hydroxylation sites is 1. The van der Waals surface area contributed by atoms with Gasteiger partial charge in [0.15, 0.2) is 0 Å². The highest BCUT2D eigenvalue weighted by atomic mass is 32.2.